The molecule has 0 heterocycles. The Balaban J connectivity index is 1.82. The van der Waals surface area contributed by atoms with Crippen molar-refractivity contribution in [3.05, 3.63) is 59.7 Å². The van der Waals surface area contributed by atoms with Crippen LogP contribution in [0, 0.1) is 0 Å². The van der Waals surface area contributed by atoms with Crippen LogP contribution in [0.15, 0.2) is 48.5 Å². The molecule has 0 amide bonds. The standard InChI is InChI=1S/C18H21NO/c1-20-16-12-10-15(11-13-16)19-18-9-5-3-7-14-6-2-4-8-17(14)18/h2,4,6,8,10-13,18-19H,3,5,7,9H2,1H3. The number of hydrogen-bond acceptors (Lipinski definition) is 2. The van der Waals surface area contributed by atoms with Crippen LogP contribution in [0.4, 0.5) is 5.69 Å². The van der Waals surface area contributed by atoms with Crippen LogP contribution in [0.2, 0.25) is 0 Å². The Morgan fingerprint density at radius 3 is 2.60 bits per heavy atom. The van der Waals surface area contributed by atoms with Gasteiger partial charge in [-0.2, -0.15) is 0 Å². The first kappa shape index (κ1) is 13.0. The maximum atomic E-state index is 5.21. The van der Waals surface area contributed by atoms with Crippen molar-refractivity contribution in [2.24, 2.45) is 0 Å². The fraction of sp³-hybridized carbons (Fsp3) is 0.333. The summed E-state index contributed by atoms with van der Waals surface area (Å²) in [5.41, 5.74) is 4.12. The second-order valence-corrected chi connectivity index (χ2v) is 5.37. The second kappa shape index (κ2) is 6.00. The van der Waals surface area contributed by atoms with Gasteiger partial charge >= 0.3 is 0 Å². The van der Waals surface area contributed by atoms with Crippen LogP contribution in [0.5, 0.6) is 5.75 Å². The van der Waals surface area contributed by atoms with E-state index in [-0.39, 0.29) is 0 Å². The highest BCUT2D eigenvalue weighted by Crippen LogP contribution is 2.31. The molecule has 0 aliphatic heterocycles. The summed E-state index contributed by atoms with van der Waals surface area (Å²) in [6.45, 7) is 0. The molecule has 2 heteroatoms. The van der Waals surface area contributed by atoms with Crippen LogP contribution in [0.1, 0.15) is 36.4 Å². The van der Waals surface area contributed by atoms with E-state index in [2.05, 4.69) is 41.7 Å². The van der Waals surface area contributed by atoms with Crippen molar-refractivity contribution < 1.29 is 4.74 Å². The van der Waals surface area contributed by atoms with Crippen LogP contribution in [-0.2, 0) is 6.42 Å². The second-order valence-electron chi connectivity index (χ2n) is 5.37. The van der Waals surface area contributed by atoms with Crippen LogP contribution in [0.25, 0.3) is 0 Å². The molecular formula is C18H21NO. The summed E-state index contributed by atoms with van der Waals surface area (Å²) in [5, 5.41) is 3.67. The maximum absolute atomic E-state index is 5.21. The molecule has 2 aromatic carbocycles. The normalized spacial score (nSPS) is 17.9. The van der Waals surface area contributed by atoms with Gasteiger partial charge in [-0.05, 0) is 54.7 Å². The predicted octanol–water partition coefficient (Wildman–Crippen LogP) is 4.57. The average Bonchev–Trinajstić information content (AvgIpc) is 2.71. The fourth-order valence-electron chi connectivity index (χ4n) is 2.96. The SMILES string of the molecule is COc1ccc(NC2CCCCc3ccccc32)cc1. The molecule has 3 rings (SSSR count). The van der Waals surface area contributed by atoms with E-state index >= 15 is 0 Å². The smallest absolute Gasteiger partial charge is 0.119 e. The summed E-state index contributed by atoms with van der Waals surface area (Å²) >= 11 is 0. The summed E-state index contributed by atoms with van der Waals surface area (Å²) in [4.78, 5) is 0. The first-order valence-electron chi connectivity index (χ1n) is 7.35. The molecule has 2 aromatic rings. The molecule has 2 nitrogen and oxygen atoms in total. The lowest BCUT2D eigenvalue weighted by Crippen LogP contribution is -2.11. The molecular weight excluding hydrogens is 246 g/mol. The van der Waals surface area contributed by atoms with E-state index in [1.807, 2.05) is 12.1 Å². The van der Waals surface area contributed by atoms with E-state index < -0.39 is 0 Å². The van der Waals surface area contributed by atoms with Crippen LogP contribution >= 0.6 is 0 Å². The number of fused-ring (bicyclic) bond motifs is 1. The van der Waals surface area contributed by atoms with Crippen molar-refractivity contribution >= 4 is 5.69 Å². The van der Waals surface area contributed by atoms with Crippen molar-refractivity contribution in [3.8, 4) is 5.75 Å². The van der Waals surface area contributed by atoms with Crippen molar-refractivity contribution in [3.63, 3.8) is 0 Å². The van der Waals surface area contributed by atoms with Gasteiger partial charge in [0.25, 0.3) is 0 Å². The van der Waals surface area contributed by atoms with E-state index in [1.165, 1.54) is 36.8 Å². The molecule has 0 saturated heterocycles. The van der Waals surface area contributed by atoms with E-state index in [4.69, 9.17) is 4.74 Å². The highest BCUT2D eigenvalue weighted by molar-refractivity contribution is 5.49. The Hall–Kier alpha value is -1.96. The van der Waals surface area contributed by atoms with Gasteiger partial charge in [0, 0.05) is 5.69 Å². The van der Waals surface area contributed by atoms with E-state index in [0.717, 1.165) is 11.4 Å². The number of benzene rings is 2. The number of methoxy groups -OCH3 is 1. The largest absolute Gasteiger partial charge is 0.497 e. The van der Waals surface area contributed by atoms with Gasteiger partial charge < -0.3 is 10.1 Å². The molecule has 1 atom stereocenters. The van der Waals surface area contributed by atoms with Gasteiger partial charge in [-0.25, -0.2) is 0 Å². The summed E-state index contributed by atoms with van der Waals surface area (Å²) in [7, 11) is 1.70. The minimum absolute atomic E-state index is 0.419. The molecule has 1 aliphatic carbocycles. The monoisotopic (exact) mass is 267 g/mol. The fourth-order valence-corrected chi connectivity index (χ4v) is 2.96. The van der Waals surface area contributed by atoms with Gasteiger partial charge in [0.05, 0.1) is 13.2 Å². The van der Waals surface area contributed by atoms with Crippen LogP contribution < -0.4 is 10.1 Å². The van der Waals surface area contributed by atoms with Gasteiger partial charge in [0.1, 0.15) is 5.75 Å². The number of hydrogen-bond donors (Lipinski definition) is 1. The lowest BCUT2D eigenvalue weighted by Gasteiger charge is -2.20. The molecule has 0 radical (unpaired) electrons. The molecule has 0 saturated carbocycles. The van der Waals surface area contributed by atoms with E-state index in [1.54, 1.807) is 7.11 Å². The minimum atomic E-state index is 0.419. The summed E-state index contributed by atoms with van der Waals surface area (Å²) in [6, 6.07) is 17.4. The van der Waals surface area contributed by atoms with Gasteiger partial charge in [0.15, 0.2) is 0 Å². The lowest BCUT2D eigenvalue weighted by molar-refractivity contribution is 0.415. The van der Waals surface area contributed by atoms with Crippen molar-refractivity contribution in [1.82, 2.24) is 0 Å². The van der Waals surface area contributed by atoms with Crippen molar-refractivity contribution in [1.29, 1.82) is 0 Å². The Morgan fingerprint density at radius 1 is 1.00 bits per heavy atom. The molecule has 0 bridgehead atoms. The number of nitrogens with one attached hydrogen (secondary N) is 1. The predicted molar refractivity (Wildman–Crippen MR) is 83.4 cm³/mol. The lowest BCUT2D eigenvalue weighted by atomic mass is 9.99. The highest BCUT2D eigenvalue weighted by Gasteiger charge is 2.17. The van der Waals surface area contributed by atoms with E-state index in [0.29, 0.717) is 6.04 Å². The molecule has 0 aromatic heterocycles. The highest BCUT2D eigenvalue weighted by atomic mass is 16.5. The zero-order valence-electron chi connectivity index (χ0n) is 11.9. The first-order valence-corrected chi connectivity index (χ1v) is 7.35. The minimum Gasteiger partial charge on any atom is -0.497 e. The Kier molecular flexibility index (Phi) is 3.91. The number of rotatable bonds is 3. The Labute approximate surface area is 120 Å². The molecule has 20 heavy (non-hydrogen) atoms. The van der Waals surface area contributed by atoms with Gasteiger partial charge in [-0.3, -0.25) is 0 Å². The summed E-state index contributed by atoms with van der Waals surface area (Å²) < 4.78 is 5.21. The number of aryl methyl sites for hydroxylation is 1. The average molecular weight is 267 g/mol. The van der Waals surface area contributed by atoms with Crippen LogP contribution in [-0.4, -0.2) is 7.11 Å². The van der Waals surface area contributed by atoms with Gasteiger partial charge in [-0.1, -0.05) is 30.7 Å². The number of anilines is 1. The maximum Gasteiger partial charge on any atom is 0.119 e. The quantitative estimate of drug-likeness (QED) is 0.822. The summed E-state index contributed by atoms with van der Waals surface area (Å²) in [6.07, 6.45) is 4.97. The zero-order valence-corrected chi connectivity index (χ0v) is 11.9. The summed E-state index contributed by atoms with van der Waals surface area (Å²) in [5.74, 6) is 0.900. The molecule has 1 unspecified atom stereocenters. The van der Waals surface area contributed by atoms with Crippen molar-refractivity contribution in [2.45, 2.75) is 31.7 Å². The van der Waals surface area contributed by atoms with Gasteiger partial charge in [-0.15, -0.1) is 0 Å². The Bertz CT molecular complexity index is 562. The molecule has 0 spiro atoms. The topological polar surface area (TPSA) is 21.3 Å². The third kappa shape index (κ3) is 2.79. The zero-order chi connectivity index (χ0) is 13.8. The van der Waals surface area contributed by atoms with Gasteiger partial charge in [0.2, 0.25) is 0 Å². The molecule has 1 aliphatic rings. The Morgan fingerprint density at radius 2 is 1.80 bits per heavy atom. The van der Waals surface area contributed by atoms with Crippen molar-refractivity contribution in [2.75, 3.05) is 12.4 Å². The molecule has 104 valence electrons. The van der Waals surface area contributed by atoms with E-state index in [9.17, 15) is 0 Å². The third-order valence-corrected chi connectivity index (χ3v) is 4.05. The third-order valence-electron chi connectivity index (χ3n) is 4.05. The number of ether oxygens (including phenoxy) is 1. The molecule has 0 fully saturated rings. The molecule has 1 N–H and O–H groups in total. The first-order chi connectivity index (χ1) is 9.86. The van der Waals surface area contributed by atoms with Crippen LogP contribution in [0.3, 0.4) is 0 Å².